The van der Waals surface area contributed by atoms with Crippen LogP contribution < -0.4 is 5.84 Å². The summed E-state index contributed by atoms with van der Waals surface area (Å²) in [6.07, 6.45) is 3.86. The van der Waals surface area contributed by atoms with Gasteiger partial charge in [0, 0.05) is 6.07 Å². The third kappa shape index (κ3) is 1.22. The van der Waals surface area contributed by atoms with E-state index in [2.05, 4.69) is 11.2 Å². The Bertz CT molecular complexity index is 209. The fourth-order valence-corrected chi connectivity index (χ4v) is 0.442. The van der Waals surface area contributed by atoms with Gasteiger partial charge < -0.3 is 0 Å². The molecule has 0 unspecified atom stereocenters. The predicted molar refractivity (Wildman–Crippen MR) is 30.5 cm³/mol. The molecule has 0 fully saturated rings. The molecule has 4 nitrogen and oxygen atoms in total. The summed E-state index contributed by atoms with van der Waals surface area (Å²) in [6.45, 7) is 0. The van der Waals surface area contributed by atoms with Gasteiger partial charge in [-0.3, -0.25) is 0 Å². The number of rotatable bonds is 1. The lowest BCUT2D eigenvalue weighted by Crippen LogP contribution is -2.08. The Morgan fingerprint density at radius 2 is 2.56 bits per heavy atom. The molecule has 0 bridgehead atoms. The zero-order chi connectivity index (χ0) is 6.69. The van der Waals surface area contributed by atoms with Crippen LogP contribution in [0.1, 0.15) is 0 Å². The molecule has 4 heteroatoms. The van der Waals surface area contributed by atoms with Crippen molar-refractivity contribution in [3.05, 3.63) is 29.4 Å². The van der Waals surface area contributed by atoms with Crippen molar-refractivity contribution < 1.29 is 4.87 Å². The zero-order valence-corrected chi connectivity index (χ0v) is 4.61. The highest BCUT2D eigenvalue weighted by Crippen LogP contribution is 2.01. The lowest BCUT2D eigenvalue weighted by Gasteiger charge is -1.79. The average Bonchev–Trinajstić information content (AvgIpc) is 1.90. The van der Waals surface area contributed by atoms with Gasteiger partial charge in [0.15, 0.2) is 4.87 Å². The fraction of sp³-hybridized carbons (Fsp3) is 0. The highest BCUT2D eigenvalue weighted by Gasteiger charge is 2.04. The first-order valence-electron chi connectivity index (χ1n) is 2.35. The molecule has 1 heterocycles. The van der Waals surface area contributed by atoms with Crippen LogP contribution in [0.5, 0.6) is 0 Å². The van der Waals surface area contributed by atoms with E-state index in [0.717, 1.165) is 0 Å². The summed E-state index contributed by atoms with van der Waals surface area (Å²) in [5.41, 5.74) is 0.328. The molecule has 0 spiro atoms. The Morgan fingerprint density at radius 3 is 2.89 bits per heavy atom. The van der Waals surface area contributed by atoms with Crippen molar-refractivity contribution in [2.24, 2.45) is 5.84 Å². The van der Waals surface area contributed by atoms with E-state index < -0.39 is 0 Å². The number of aromatic nitrogens is 1. The van der Waals surface area contributed by atoms with Gasteiger partial charge in [0.05, 0.1) is 11.1 Å². The summed E-state index contributed by atoms with van der Waals surface area (Å²) >= 11 is 0. The topological polar surface area (TPSA) is 59.0 Å². The van der Waals surface area contributed by atoms with Crippen LogP contribution in [0, 0.1) is 11.1 Å². The summed E-state index contributed by atoms with van der Waals surface area (Å²) < 4.78 is 0. The molecule has 9 heavy (non-hydrogen) atoms. The first-order valence-corrected chi connectivity index (χ1v) is 2.35. The van der Waals surface area contributed by atoms with E-state index in [-0.39, 0.29) is 4.87 Å². The van der Waals surface area contributed by atoms with Gasteiger partial charge in [-0.25, -0.2) is 4.98 Å². The molecule has 0 aliphatic heterocycles. The highest BCUT2D eigenvalue weighted by molar-refractivity contribution is 5.22. The van der Waals surface area contributed by atoms with Crippen molar-refractivity contribution in [3.8, 4) is 0 Å². The second-order valence-electron chi connectivity index (χ2n) is 1.47. The normalized spacial score (nSPS) is 8.89. The predicted octanol–water partition coefficient (Wildman–Crippen LogP) is 0.166. The van der Waals surface area contributed by atoms with E-state index >= 15 is 0 Å². The van der Waals surface area contributed by atoms with Crippen LogP contribution >= 0.6 is 0 Å². The second-order valence-corrected chi connectivity index (χ2v) is 1.47. The molecule has 1 radical (unpaired) electrons. The lowest BCUT2D eigenvalue weighted by molar-refractivity contribution is -0.475. The van der Waals surface area contributed by atoms with Crippen LogP contribution in [0.3, 0.4) is 0 Å². The summed E-state index contributed by atoms with van der Waals surface area (Å²) in [5.74, 6) is 4.84. The highest BCUT2D eigenvalue weighted by atomic mass is 16.3. The number of nitrogens with two attached hydrogens (primary N) is 1. The molecule has 0 aliphatic carbocycles. The van der Waals surface area contributed by atoms with Crippen molar-refractivity contribution in [3.63, 3.8) is 0 Å². The minimum atomic E-state index is 0.251. The summed E-state index contributed by atoms with van der Waals surface area (Å²) in [7, 11) is 0. The van der Waals surface area contributed by atoms with Crippen molar-refractivity contribution in [2.75, 3.05) is 0 Å². The molecule has 0 aliphatic rings. The van der Waals surface area contributed by atoms with E-state index in [1.165, 1.54) is 18.3 Å². The van der Waals surface area contributed by atoms with Gasteiger partial charge in [0.25, 0.3) is 0 Å². The summed E-state index contributed by atoms with van der Waals surface area (Å²) in [6, 6.07) is 3.05. The number of pyridine rings is 1. The van der Waals surface area contributed by atoms with Crippen molar-refractivity contribution in [1.29, 1.82) is 0 Å². The monoisotopic (exact) mass is 123 g/mol. The maximum Gasteiger partial charge on any atom is 0.309 e. The molecule has 2 N–H and O–H groups in total. The van der Waals surface area contributed by atoms with Crippen molar-refractivity contribution in [1.82, 2.24) is 4.98 Å². The molecular weight excluding hydrogens is 118 g/mol. The van der Waals surface area contributed by atoms with Gasteiger partial charge in [-0.1, -0.05) is 0 Å². The van der Waals surface area contributed by atoms with E-state index in [1.54, 1.807) is 0 Å². The summed E-state index contributed by atoms with van der Waals surface area (Å²) in [5, 5.41) is 0. The molecule has 1 rings (SSSR count). The second kappa shape index (κ2) is 2.21. The number of nitroso groups, excluding NO2 is 1. The van der Waals surface area contributed by atoms with Crippen LogP contribution in [-0.2, 0) is 0 Å². The maximum atomic E-state index is 10.3. The number of hydrogen-bond donors (Lipinski definition) is 1. The summed E-state index contributed by atoms with van der Waals surface area (Å²) in [4.78, 5) is 14.1. The Balaban J connectivity index is 2.98. The quantitative estimate of drug-likeness (QED) is 0.329. The van der Waals surface area contributed by atoms with Crippen LogP contribution in [0.25, 0.3) is 0 Å². The molecule has 45 valence electrons. The van der Waals surface area contributed by atoms with Crippen LogP contribution in [-0.4, -0.2) is 9.85 Å². The SMILES string of the molecule is N[N+](=O)c1cc[c]nc1. The van der Waals surface area contributed by atoms with Gasteiger partial charge in [-0.15, -0.1) is 0 Å². The molecule has 1 aromatic heterocycles. The van der Waals surface area contributed by atoms with E-state index in [0.29, 0.717) is 5.69 Å². The Hall–Kier alpha value is -1.45. The van der Waals surface area contributed by atoms with Gasteiger partial charge in [0.2, 0.25) is 0 Å². The van der Waals surface area contributed by atoms with Gasteiger partial charge in [0.1, 0.15) is 6.20 Å². The Morgan fingerprint density at radius 1 is 1.78 bits per heavy atom. The number of hydrazine groups is 1. The van der Waals surface area contributed by atoms with Gasteiger partial charge >= 0.3 is 5.69 Å². The minimum Gasteiger partial charge on any atom is -0.247 e. The van der Waals surface area contributed by atoms with Crippen molar-refractivity contribution >= 4 is 5.69 Å². The zero-order valence-electron chi connectivity index (χ0n) is 4.61. The van der Waals surface area contributed by atoms with E-state index in [4.69, 9.17) is 5.84 Å². The fourth-order valence-electron chi connectivity index (χ4n) is 0.442. The molecule has 0 aromatic carbocycles. The van der Waals surface area contributed by atoms with Crippen LogP contribution in [0.15, 0.2) is 18.3 Å². The minimum absolute atomic E-state index is 0.251. The van der Waals surface area contributed by atoms with Gasteiger partial charge in [-0.05, 0) is 6.07 Å². The van der Waals surface area contributed by atoms with Crippen LogP contribution in [0.2, 0.25) is 0 Å². The largest absolute Gasteiger partial charge is 0.309 e. The molecule has 0 amide bonds. The average molecular weight is 123 g/mol. The van der Waals surface area contributed by atoms with Crippen molar-refractivity contribution in [2.45, 2.75) is 0 Å². The molecule has 1 aromatic rings. The van der Waals surface area contributed by atoms with Gasteiger partial charge in [-0.2, -0.15) is 5.84 Å². The third-order valence-electron chi connectivity index (χ3n) is 0.854. The maximum absolute atomic E-state index is 10.3. The van der Waals surface area contributed by atoms with Crippen LogP contribution in [0.4, 0.5) is 5.69 Å². The number of nitrogens with zero attached hydrogens (tertiary/aromatic N) is 2. The molecule has 0 atom stereocenters. The molecular formula is C5H5N3O+. The first kappa shape index (κ1) is 5.68. The standard InChI is InChI=1S/C5H5N3O/c6-8(9)5-2-1-3-7-4-5/h1-2,4H,(H2,6,9)/q+1. The molecule has 0 saturated carbocycles. The van der Waals surface area contributed by atoms with E-state index in [1.807, 2.05) is 0 Å². The first-order chi connectivity index (χ1) is 4.30. The Labute approximate surface area is 51.9 Å². The Kier molecular flexibility index (Phi) is 1.40. The molecule has 0 saturated heterocycles. The van der Waals surface area contributed by atoms with E-state index in [9.17, 15) is 4.91 Å². The smallest absolute Gasteiger partial charge is 0.247 e. The third-order valence-corrected chi connectivity index (χ3v) is 0.854. The number of hydrogen-bond acceptors (Lipinski definition) is 2. The lowest BCUT2D eigenvalue weighted by atomic mass is 10.4.